The normalized spacial score (nSPS) is 22.3. The summed E-state index contributed by atoms with van der Waals surface area (Å²) in [5, 5.41) is 2.56. The Hall–Kier alpha value is -2.49. The fourth-order valence-corrected chi connectivity index (χ4v) is 2.80. The molecule has 0 radical (unpaired) electrons. The van der Waals surface area contributed by atoms with Crippen LogP contribution in [0.4, 0.5) is 10.3 Å². The lowest BCUT2D eigenvalue weighted by atomic mass is 10.0. The number of nitrogen functional groups attached to an aromatic ring is 1. The van der Waals surface area contributed by atoms with Crippen molar-refractivity contribution in [3.63, 3.8) is 0 Å². The van der Waals surface area contributed by atoms with Gasteiger partial charge in [0.15, 0.2) is 0 Å². The Labute approximate surface area is 130 Å². The molecule has 0 spiro atoms. The lowest BCUT2D eigenvalue weighted by Gasteiger charge is -2.34. The number of fused-ring (bicyclic) bond motifs is 1. The van der Waals surface area contributed by atoms with E-state index in [9.17, 15) is 14.0 Å². The number of piperidine rings is 1. The zero-order chi connectivity index (χ0) is 16.6. The number of rotatable bonds is 3. The molecule has 3 rings (SSSR count). The van der Waals surface area contributed by atoms with Gasteiger partial charge in [0.05, 0.1) is 12.8 Å². The maximum Gasteiger partial charge on any atom is 0.323 e. The summed E-state index contributed by atoms with van der Waals surface area (Å²) in [5.74, 6) is -0.215. The highest BCUT2D eigenvalue weighted by molar-refractivity contribution is 5.75. The topological polar surface area (TPSA) is 119 Å². The number of esters is 1. The van der Waals surface area contributed by atoms with E-state index >= 15 is 0 Å². The Morgan fingerprint density at radius 1 is 1.52 bits per heavy atom. The quantitative estimate of drug-likeness (QED) is 0.729. The third kappa shape index (κ3) is 3.02. The molecule has 1 aliphatic heterocycles. The molecule has 2 unspecified atom stereocenters. The molecule has 9 nitrogen and oxygen atoms in total. The number of hydrogen-bond donors (Lipinski definition) is 2. The van der Waals surface area contributed by atoms with E-state index < -0.39 is 18.2 Å². The molecule has 1 aliphatic rings. The fourth-order valence-electron chi connectivity index (χ4n) is 2.80. The number of methoxy groups -OCH3 is 1. The standard InChI is InChI=1S/C13H17FN6O3/c1-23-11(22)9-3-2-7(14)5-19(9)6-8-4-10(21)20-13(16-8)17-12(15)18-20/h4,7,9H,2-3,5-6H2,1H3,(H3,15,16,17,18). The number of ether oxygens (including phenoxy) is 1. The van der Waals surface area contributed by atoms with E-state index in [1.807, 2.05) is 0 Å². The SMILES string of the molecule is COC(=O)C1CCC(F)CN1Cc1cc(=O)n2[nH]c(N)nc2n1. The van der Waals surface area contributed by atoms with E-state index in [1.54, 1.807) is 4.90 Å². The van der Waals surface area contributed by atoms with E-state index in [-0.39, 0.29) is 30.4 Å². The highest BCUT2D eigenvalue weighted by atomic mass is 19.1. The summed E-state index contributed by atoms with van der Waals surface area (Å²) >= 11 is 0. The number of halogens is 1. The van der Waals surface area contributed by atoms with Crippen molar-refractivity contribution in [1.29, 1.82) is 0 Å². The number of anilines is 1. The van der Waals surface area contributed by atoms with Gasteiger partial charge >= 0.3 is 5.97 Å². The molecule has 3 N–H and O–H groups in total. The molecule has 0 bridgehead atoms. The van der Waals surface area contributed by atoms with Gasteiger partial charge in [-0.05, 0) is 12.8 Å². The van der Waals surface area contributed by atoms with Crippen LogP contribution in [0.2, 0.25) is 0 Å². The number of nitrogens with two attached hydrogens (primary N) is 1. The van der Waals surface area contributed by atoms with Crippen molar-refractivity contribution in [2.75, 3.05) is 19.4 Å². The van der Waals surface area contributed by atoms with Crippen LogP contribution in [0, 0.1) is 0 Å². The smallest absolute Gasteiger partial charge is 0.323 e. The van der Waals surface area contributed by atoms with Crippen LogP contribution in [0.15, 0.2) is 10.9 Å². The van der Waals surface area contributed by atoms with Crippen LogP contribution in [0.1, 0.15) is 18.5 Å². The summed E-state index contributed by atoms with van der Waals surface area (Å²) in [5.41, 5.74) is 5.52. The van der Waals surface area contributed by atoms with Crippen molar-refractivity contribution in [1.82, 2.24) is 24.5 Å². The first-order chi connectivity index (χ1) is 11.0. The number of H-pyrrole nitrogens is 1. The molecule has 124 valence electrons. The third-order valence-electron chi connectivity index (χ3n) is 3.87. The highest BCUT2D eigenvalue weighted by Gasteiger charge is 2.34. The van der Waals surface area contributed by atoms with Gasteiger partial charge in [0.25, 0.3) is 11.3 Å². The van der Waals surface area contributed by atoms with Crippen LogP contribution in [-0.4, -0.2) is 56.3 Å². The van der Waals surface area contributed by atoms with Crippen LogP contribution in [0.25, 0.3) is 5.78 Å². The second kappa shape index (κ2) is 5.95. The van der Waals surface area contributed by atoms with E-state index in [1.165, 1.54) is 13.2 Å². The minimum Gasteiger partial charge on any atom is -0.468 e. The van der Waals surface area contributed by atoms with Crippen LogP contribution in [-0.2, 0) is 16.1 Å². The Balaban J connectivity index is 1.89. The molecule has 0 saturated carbocycles. The summed E-state index contributed by atoms with van der Waals surface area (Å²) in [4.78, 5) is 33.6. The number of hydrogen-bond acceptors (Lipinski definition) is 7. The van der Waals surface area contributed by atoms with Gasteiger partial charge < -0.3 is 10.5 Å². The van der Waals surface area contributed by atoms with E-state index in [0.717, 1.165) is 4.52 Å². The maximum absolute atomic E-state index is 13.7. The van der Waals surface area contributed by atoms with Gasteiger partial charge in [-0.3, -0.25) is 19.6 Å². The number of carbonyl (C=O) groups excluding carboxylic acids is 1. The summed E-state index contributed by atoms with van der Waals surface area (Å²) in [6.45, 7) is 0.238. The summed E-state index contributed by atoms with van der Waals surface area (Å²) in [6.07, 6.45) is -0.354. The monoisotopic (exact) mass is 324 g/mol. The van der Waals surface area contributed by atoms with Gasteiger partial charge in [0, 0.05) is 19.2 Å². The molecule has 1 fully saturated rings. The largest absolute Gasteiger partial charge is 0.468 e. The van der Waals surface area contributed by atoms with Crippen molar-refractivity contribution < 1.29 is 13.9 Å². The van der Waals surface area contributed by atoms with Gasteiger partial charge in [-0.25, -0.2) is 9.37 Å². The van der Waals surface area contributed by atoms with Crippen molar-refractivity contribution in [2.24, 2.45) is 0 Å². The molecule has 2 aromatic heterocycles. The Kier molecular flexibility index (Phi) is 3.99. The van der Waals surface area contributed by atoms with E-state index in [4.69, 9.17) is 10.5 Å². The number of carbonyl (C=O) groups is 1. The van der Waals surface area contributed by atoms with Gasteiger partial charge in [-0.1, -0.05) is 0 Å². The molecule has 23 heavy (non-hydrogen) atoms. The first kappa shape index (κ1) is 15.4. The van der Waals surface area contributed by atoms with Gasteiger partial charge in [-0.2, -0.15) is 9.50 Å². The van der Waals surface area contributed by atoms with E-state index in [2.05, 4.69) is 15.1 Å². The van der Waals surface area contributed by atoms with Gasteiger partial charge in [0.2, 0.25) is 5.95 Å². The number of nitrogens with zero attached hydrogens (tertiary/aromatic N) is 4. The average Bonchev–Trinajstić information content (AvgIpc) is 2.88. The number of aromatic amines is 1. The second-order valence-corrected chi connectivity index (χ2v) is 5.47. The fraction of sp³-hybridized carbons (Fsp3) is 0.538. The minimum atomic E-state index is -1.03. The van der Waals surface area contributed by atoms with E-state index in [0.29, 0.717) is 18.5 Å². The molecular weight excluding hydrogens is 307 g/mol. The second-order valence-electron chi connectivity index (χ2n) is 5.47. The first-order valence-electron chi connectivity index (χ1n) is 7.18. The number of likely N-dealkylation sites (tertiary alicyclic amines) is 1. The number of nitrogens with one attached hydrogen (secondary N) is 1. The lowest BCUT2D eigenvalue weighted by Crippen LogP contribution is -2.48. The number of alkyl halides is 1. The Morgan fingerprint density at radius 3 is 3.04 bits per heavy atom. The van der Waals surface area contributed by atoms with Gasteiger partial charge in [0.1, 0.15) is 12.2 Å². The zero-order valence-electron chi connectivity index (χ0n) is 12.5. The average molecular weight is 324 g/mol. The van der Waals surface area contributed by atoms with Crippen LogP contribution in [0.3, 0.4) is 0 Å². The molecule has 2 aromatic rings. The molecule has 1 saturated heterocycles. The molecule has 3 heterocycles. The molecule has 2 atom stereocenters. The summed E-state index contributed by atoms with van der Waals surface area (Å²) in [6, 6.07) is 0.761. The highest BCUT2D eigenvalue weighted by Crippen LogP contribution is 2.22. The van der Waals surface area contributed by atoms with Crippen molar-refractivity contribution >= 4 is 17.7 Å². The molecular formula is C13H17FN6O3. The number of aromatic nitrogens is 4. The lowest BCUT2D eigenvalue weighted by molar-refractivity contribution is -0.149. The Bertz CT molecular complexity index is 788. The van der Waals surface area contributed by atoms with Crippen molar-refractivity contribution in [2.45, 2.75) is 31.6 Å². The Morgan fingerprint density at radius 2 is 2.30 bits per heavy atom. The van der Waals surface area contributed by atoms with Crippen LogP contribution < -0.4 is 11.3 Å². The molecule has 0 amide bonds. The minimum absolute atomic E-state index is 0.0704. The molecule has 10 heteroatoms. The zero-order valence-corrected chi connectivity index (χ0v) is 12.5. The maximum atomic E-state index is 13.7. The summed E-state index contributed by atoms with van der Waals surface area (Å²) in [7, 11) is 1.30. The van der Waals surface area contributed by atoms with Crippen LogP contribution >= 0.6 is 0 Å². The summed E-state index contributed by atoms with van der Waals surface area (Å²) < 4.78 is 19.6. The van der Waals surface area contributed by atoms with Crippen molar-refractivity contribution in [3.8, 4) is 0 Å². The molecule has 0 aromatic carbocycles. The predicted molar refractivity (Wildman–Crippen MR) is 78.4 cm³/mol. The first-order valence-corrected chi connectivity index (χ1v) is 7.18. The van der Waals surface area contributed by atoms with Crippen molar-refractivity contribution in [3.05, 3.63) is 22.1 Å². The predicted octanol–water partition coefficient (Wildman–Crippen LogP) is -0.525. The molecule has 0 aliphatic carbocycles. The van der Waals surface area contributed by atoms with Gasteiger partial charge in [-0.15, -0.1) is 0 Å². The van der Waals surface area contributed by atoms with Crippen LogP contribution in [0.5, 0.6) is 0 Å². The third-order valence-corrected chi connectivity index (χ3v) is 3.87.